The van der Waals surface area contributed by atoms with E-state index in [0.29, 0.717) is 17.2 Å². The molecule has 0 aliphatic rings. The Morgan fingerprint density at radius 2 is 1.68 bits per heavy atom. The topological polar surface area (TPSA) is 29.3 Å². The third-order valence-corrected chi connectivity index (χ3v) is 3.14. The molecule has 2 N–H and O–H groups in total. The lowest BCUT2D eigenvalue weighted by Crippen LogP contribution is -2.22. The van der Waals surface area contributed by atoms with Crippen LogP contribution in [0.1, 0.15) is 12.5 Å². The van der Waals surface area contributed by atoms with Gasteiger partial charge in [0.1, 0.15) is 10.8 Å². The number of nitrogens with two attached hydrogens (primary N) is 1. The molecule has 2 rings (SSSR count). The Bertz CT molecular complexity index is 598. The third kappa shape index (κ3) is 2.74. The van der Waals surface area contributed by atoms with Crippen LogP contribution in [0.4, 0.5) is 15.8 Å². The van der Waals surface area contributed by atoms with Crippen LogP contribution in [0, 0.1) is 5.82 Å². The first kappa shape index (κ1) is 13.5. The van der Waals surface area contributed by atoms with E-state index in [1.165, 1.54) is 6.07 Å². The molecule has 0 aliphatic heterocycles. The van der Waals surface area contributed by atoms with Gasteiger partial charge in [-0.05, 0) is 31.2 Å². The van der Waals surface area contributed by atoms with Crippen molar-refractivity contribution in [2.75, 3.05) is 11.4 Å². The summed E-state index contributed by atoms with van der Waals surface area (Å²) in [6.45, 7) is 2.59. The van der Waals surface area contributed by atoms with Crippen molar-refractivity contribution in [2.24, 2.45) is 5.73 Å². The fourth-order valence-electron chi connectivity index (χ4n) is 2.06. The van der Waals surface area contributed by atoms with E-state index >= 15 is 0 Å². The summed E-state index contributed by atoms with van der Waals surface area (Å²) in [7, 11) is 0. The number of nitrogens with zero attached hydrogens (tertiary/aromatic N) is 1. The lowest BCUT2D eigenvalue weighted by atomic mass is 10.1. The molecule has 2 nitrogen and oxygen atoms in total. The summed E-state index contributed by atoms with van der Waals surface area (Å²) in [5.74, 6) is -0.262. The van der Waals surface area contributed by atoms with Gasteiger partial charge in [0, 0.05) is 12.1 Å². The minimum Gasteiger partial charge on any atom is -0.389 e. The lowest BCUT2D eigenvalue weighted by molar-refractivity contribution is 0.625. The Kier molecular flexibility index (Phi) is 4.12. The van der Waals surface area contributed by atoms with Crippen molar-refractivity contribution in [3.05, 3.63) is 59.9 Å². The van der Waals surface area contributed by atoms with Crippen LogP contribution in [-0.4, -0.2) is 11.5 Å². The largest absolute Gasteiger partial charge is 0.389 e. The molecule has 0 atom stereocenters. The SMILES string of the molecule is CCN(c1ccccc1F)c1ccccc1C(N)=S. The van der Waals surface area contributed by atoms with E-state index in [4.69, 9.17) is 18.0 Å². The number of anilines is 2. The smallest absolute Gasteiger partial charge is 0.146 e. The molecular weight excluding hydrogens is 259 g/mol. The molecule has 2 aromatic rings. The molecule has 19 heavy (non-hydrogen) atoms. The lowest BCUT2D eigenvalue weighted by Gasteiger charge is -2.26. The van der Waals surface area contributed by atoms with E-state index in [0.717, 1.165) is 11.3 Å². The van der Waals surface area contributed by atoms with Crippen LogP contribution in [0.3, 0.4) is 0 Å². The maximum Gasteiger partial charge on any atom is 0.146 e. The first-order valence-electron chi connectivity index (χ1n) is 6.06. The van der Waals surface area contributed by atoms with Crippen molar-refractivity contribution >= 4 is 28.6 Å². The molecule has 0 spiro atoms. The van der Waals surface area contributed by atoms with Gasteiger partial charge in [-0.1, -0.05) is 36.5 Å². The maximum atomic E-state index is 13.9. The number of halogens is 1. The van der Waals surface area contributed by atoms with Gasteiger partial charge >= 0.3 is 0 Å². The van der Waals surface area contributed by atoms with Crippen molar-refractivity contribution in [3.8, 4) is 0 Å². The van der Waals surface area contributed by atoms with Gasteiger partial charge in [-0.25, -0.2) is 4.39 Å². The van der Waals surface area contributed by atoms with Crippen molar-refractivity contribution in [1.29, 1.82) is 0 Å². The molecule has 0 unspecified atom stereocenters. The van der Waals surface area contributed by atoms with Crippen LogP contribution in [0.25, 0.3) is 0 Å². The van der Waals surface area contributed by atoms with E-state index in [1.807, 2.05) is 42.2 Å². The number of hydrogen-bond donors (Lipinski definition) is 1. The molecule has 0 aliphatic carbocycles. The van der Waals surface area contributed by atoms with Crippen molar-refractivity contribution in [1.82, 2.24) is 0 Å². The van der Waals surface area contributed by atoms with E-state index in [1.54, 1.807) is 12.1 Å². The summed E-state index contributed by atoms with van der Waals surface area (Å²) < 4.78 is 13.9. The standard InChI is InChI=1S/C15H15FN2S/c1-2-18(14-10-6-4-8-12(14)16)13-9-5-3-7-11(13)15(17)19/h3-10H,2H2,1H3,(H2,17,19). The van der Waals surface area contributed by atoms with Gasteiger partial charge < -0.3 is 10.6 Å². The van der Waals surface area contributed by atoms with E-state index < -0.39 is 0 Å². The highest BCUT2D eigenvalue weighted by Crippen LogP contribution is 2.30. The summed E-state index contributed by atoms with van der Waals surface area (Å²) in [5.41, 5.74) is 7.83. The molecule has 2 aromatic carbocycles. The Hall–Kier alpha value is -1.94. The molecule has 98 valence electrons. The molecule has 0 radical (unpaired) electrons. The molecule has 0 amide bonds. The Morgan fingerprint density at radius 1 is 1.11 bits per heavy atom. The molecular formula is C15H15FN2S. The number of benzene rings is 2. The van der Waals surface area contributed by atoms with Gasteiger partial charge in [0.15, 0.2) is 0 Å². The minimum atomic E-state index is -0.262. The zero-order valence-corrected chi connectivity index (χ0v) is 11.5. The summed E-state index contributed by atoms with van der Waals surface area (Å²) in [6.07, 6.45) is 0. The van der Waals surface area contributed by atoms with Crippen LogP contribution < -0.4 is 10.6 Å². The summed E-state index contributed by atoms with van der Waals surface area (Å²) in [6, 6.07) is 14.2. The van der Waals surface area contributed by atoms with Gasteiger partial charge in [-0.3, -0.25) is 0 Å². The van der Waals surface area contributed by atoms with Crippen molar-refractivity contribution in [2.45, 2.75) is 6.92 Å². The molecule has 0 bridgehead atoms. The molecule has 0 saturated heterocycles. The maximum absolute atomic E-state index is 13.9. The fraction of sp³-hybridized carbons (Fsp3) is 0.133. The molecule has 0 aromatic heterocycles. The van der Waals surface area contributed by atoms with Crippen LogP contribution in [-0.2, 0) is 0 Å². The number of para-hydroxylation sites is 2. The average Bonchev–Trinajstić information content (AvgIpc) is 2.42. The van der Waals surface area contributed by atoms with Crippen LogP contribution in [0.2, 0.25) is 0 Å². The summed E-state index contributed by atoms with van der Waals surface area (Å²) >= 11 is 5.06. The Labute approximate surface area is 117 Å². The monoisotopic (exact) mass is 274 g/mol. The van der Waals surface area contributed by atoms with Crippen molar-refractivity contribution < 1.29 is 4.39 Å². The number of hydrogen-bond acceptors (Lipinski definition) is 2. The second-order valence-electron chi connectivity index (χ2n) is 4.08. The second-order valence-corrected chi connectivity index (χ2v) is 4.52. The zero-order chi connectivity index (χ0) is 13.8. The number of thiocarbonyl (C=S) groups is 1. The van der Waals surface area contributed by atoms with Gasteiger partial charge in [0.2, 0.25) is 0 Å². The number of rotatable bonds is 4. The first-order valence-corrected chi connectivity index (χ1v) is 6.47. The fourth-order valence-corrected chi connectivity index (χ4v) is 2.23. The van der Waals surface area contributed by atoms with Gasteiger partial charge in [-0.15, -0.1) is 0 Å². The van der Waals surface area contributed by atoms with Crippen LogP contribution in [0.15, 0.2) is 48.5 Å². The molecule has 0 fully saturated rings. The van der Waals surface area contributed by atoms with E-state index in [2.05, 4.69) is 0 Å². The minimum absolute atomic E-state index is 0.262. The van der Waals surface area contributed by atoms with Gasteiger partial charge in [-0.2, -0.15) is 0 Å². The van der Waals surface area contributed by atoms with E-state index in [9.17, 15) is 4.39 Å². The molecule has 0 saturated carbocycles. The Balaban J connectivity index is 2.55. The zero-order valence-electron chi connectivity index (χ0n) is 10.6. The van der Waals surface area contributed by atoms with E-state index in [-0.39, 0.29) is 5.82 Å². The average molecular weight is 274 g/mol. The highest BCUT2D eigenvalue weighted by Gasteiger charge is 2.15. The predicted molar refractivity (Wildman–Crippen MR) is 81.4 cm³/mol. The van der Waals surface area contributed by atoms with Gasteiger partial charge in [0.25, 0.3) is 0 Å². The van der Waals surface area contributed by atoms with Crippen LogP contribution in [0.5, 0.6) is 0 Å². The quantitative estimate of drug-likeness (QED) is 0.863. The third-order valence-electron chi connectivity index (χ3n) is 2.92. The highest BCUT2D eigenvalue weighted by molar-refractivity contribution is 7.80. The van der Waals surface area contributed by atoms with Crippen molar-refractivity contribution in [3.63, 3.8) is 0 Å². The molecule has 4 heteroatoms. The van der Waals surface area contributed by atoms with Crippen LogP contribution >= 0.6 is 12.2 Å². The predicted octanol–water partition coefficient (Wildman–Crippen LogP) is 3.62. The summed E-state index contributed by atoms with van der Waals surface area (Å²) in [5, 5.41) is 0. The van der Waals surface area contributed by atoms with Gasteiger partial charge in [0.05, 0.1) is 11.4 Å². The summed E-state index contributed by atoms with van der Waals surface area (Å²) in [4.78, 5) is 2.18. The first-order chi connectivity index (χ1) is 9.15. The normalized spacial score (nSPS) is 10.2. The second kappa shape index (κ2) is 5.80. The molecule has 0 heterocycles. The Morgan fingerprint density at radius 3 is 2.26 bits per heavy atom. The highest BCUT2D eigenvalue weighted by atomic mass is 32.1.